The molecule has 186 valence electrons. The van der Waals surface area contributed by atoms with E-state index in [0.717, 1.165) is 5.56 Å². The molecular formula is C25H39F2N3O3. The number of carbonyl (C=O) groups is 2. The van der Waals surface area contributed by atoms with E-state index in [9.17, 15) is 14.7 Å². The molecule has 1 aliphatic rings. The maximum absolute atomic E-state index is 15.1. The first-order valence-corrected chi connectivity index (χ1v) is 11.9. The summed E-state index contributed by atoms with van der Waals surface area (Å²) in [6.45, 7) is 7.49. The Morgan fingerprint density at radius 2 is 1.82 bits per heavy atom. The summed E-state index contributed by atoms with van der Waals surface area (Å²) in [5, 5.41) is 13.1. The average Bonchev–Trinajstić information content (AvgIpc) is 3.22. The van der Waals surface area contributed by atoms with Gasteiger partial charge in [0, 0.05) is 12.5 Å². The van der Waals surface area contributed by atoms with E-state index in [-0.39, 0.29) is 18.3 Å². The Balaban J connectivity index is 2.07. The number of amides is 2. The number of likely N-dealkylation sites (tertiary alicyclic amines) is 1. The van der Waals surface area contributed by atoms with Crippen molar-refractivity contribution in [1.82, 2.24) is 10.2 Å². The molecule has 2 unspecified atom stereocenters. The van der Waals surface area contributed by atoms with Crippen LogP contribution in [-0.4, -0.2) is 58.5 Å². The molecule has 6 nitrogen and oxygen atoms in total. The van der Waals surface area contributed by atoms with E-state index in [0.29, 0.717) is 25.8 Å². The third-order valence-corrected chi connectivity index (χ3v) is 6.50. The van der Waals surface area contributed by atoms with E-state index in [4.69, 9.17) is 5.73 Å². The number of hydrogen-bond acceptors (Lipinski definition) is 5. The molecule has 1 aromatic carbocycles. The van der Waals surface area contributed by atoms with Gasteiger partial charge >= 0.3 is 0 Å². The number of benzene rings is 1. The fraction of sp³-hybridized carbons (Fsp3) is 0.680. The minimum Gasteiger partial charge on any atom is -0.385 e. The normalized spacial score (nSPS) is 20.1. The van der Waals surface area contributed by atoms with Gasteiger partial charge in [-0.1, -0.05) is 58.0 Å². The summed E-state index contributed by atoms with van der Waals surface area (Å²) < 4.78 is 30.1. The third-order valence-electron chi connectivity index (χ3n) is 6.50. The summed E-state index contributed by atoms with van der Waals surface area (Å²) in [6, 6.07) is 6.91. The third kappa shape index (κ3) is 7.29. The summed E-state index contributed by atoms with van der Waals surface area (Å²) in [7, 11) is 0. The highest BCUT2D eigenvalue weighted by Gasteiger charge is 2.49. The number of nitrogens with one attached hydrogen (secondary N) is 1. The van der Waals surface area contributed by atoms with Gasteiger partial charge in [-0.3, -0.25) is 19.8 Å². The summed E-state index contributed by atoms with van der Waals surface area (Å²) >= 11 is 0. The van der Waals surface area contributed by atoms with Crippen LogP contribution in [0.15, 0.2) is 30.3 Å². The van der Waals surface area contributed by atoms with Crippen LogP contribution in [0.5, 0.6) is 0 Å². The number of hydrogen-bond donors (Lipinski definition) is 3. The number of carbonyl (C=O) groups excluding carboxylic acids is 2. The Labute approximate surface area is 195 Å². The molecule has 1 heterocycles. The van der Waals surface area contributed by atoms with Crippen LogP contribution in [0.4, 0.5) is 8.78 Å². The van der Waals surface area contributed by atoms with Crippen LogP contribution in [0.2, 0.25) is 0 Å². The van der Waals surface area contributed by atoms with Crippen molar-refractivity contribution in [1.29, 1.82) is 0 Å². The number of nitrogens with two attached hydrogens (primary N) is 1. The second kappa shape index (κ2) is 12.0. The monoisotopic (exact) mass is 467 g/mol. The Kier molecular flexibility index (Phi) is 9.94. The van der Waals surface area contributed by atoms with Crippen molar-refractivity contribution in [3.8, 4) is 0 Å². The van der Waals surface area contributed by atoms with Crippen LogP contribution in [0, 0.1) is 11.8 Å². The largest absolute Gasteiger partial charge is 0.385 e. The van der Waals surface area contributed by atoms with Crippen LogP contribution >= 0.6 is 0 Å². The maximum Gasteiger partial charge on any atom is 0.275 e. The van der Waals surface area contributed by atoms with Crippen LogP contribution in [0.25, 0.3) is 0 Å². The van der Waals surface area contributed by atoms with Gasteiger partial charge in [0.25, 0.3) is 5.92 Å². The molecule has 0 saturated carbocycles. The van der Waals surface area contributed by atoms with Gasteiger partial charge in [-0.05, 0) is 49.6 Å². The van der Waals surface area contributed by atoms with Crippen LogP contribution in [0.3, 0.4) is 0 Å². The number of aryl methyl sites for hydroxylation is 1. The first-order valence-electron chi connectivity index (χ1n) is 11.9. The lowest BCUT2D eigenvalue weighted by molar-refractivity contribution is -0.157. The standard InChI is InChI=1S/C25H39F2N3O3/c1-16(2)20(28)24(33)29-23(32)19-13-9-15-30(19)21(17(3)4)22(31)25(26,27)14-8-12-18-10-6-5-7-11-18/h5-7,10-11,16-17,19-22,31H,8-9,12-15,28H2,1-4H3,(H,29,32,33)/t19-,20-,21?,22?/m0/s1. The van der Waals surface area contributed by atoms with Gasteiger partial charge in [-0.25, -0.2) is 8.78 Å². The molecule has 0 spiro atoms. The summed E-state index contributed by atoms with van der Waals surface area (Å²) in [6.07, 6.45) is -0.565. The highest BCUT2D eigenvalue weighted by molar-refractivity contribution is 6.00. The molecule has 0 radical (unpaired) electrons. The second-order valence-corrected chi connectivity index (χ2v) is 9.80. The molecule has 1 saturated heterocycles. The Morgan fingerprint density at radius 1 is 1.18 bits per heavy atom. The molecule has 33 heavy (non-hydrogen) atoms. The molecule has 1 fully saturated rings. The van der Waals surface area contributed by atoms with Crippen LogP contribution in [-0.2, 0) is 16.0 Å². The van der Waals surface area contributed by atoms with Crippen molar-refractivity contribution >= 4 is 11.8 Å². The quantitative estimate of drug-likeness (QED) is 0.465. The van der Waals surface area contributed by atoms with Crippen molar-refractivity contribution in [3.05, 3.63) is 35.9 Å². The molecule has 0 bridgehead atoms. The summed E-state index contributed by atoms with van der Waals surface area (Å²) in [5.74, 6) is -4.88. The van der Waals surface area contributed by atoms with E-state index >= 15 is 8.78 Å². The number of nitrogens with zero attached hydrogens (tertiary/aromatic N) is 1. The predicted octanol–water partition coefficient (Wildman–Crippen LogP) is 3.12. The van der Waals surface area contributed by atoms with E-state index in [1.807, 2.05) is 30.3 Å². The van der Waals surface area contributed by atoms with E-state index in [1.54, 1.807) is 32.6 Å². The van der Waals surface area contributed by atoms with Crippen LogP contribution in [0.1, 0.15) is 58.9 Å². The number of rotatable bonds is 11. The molecule has 4 atom stereocenters. The minimum atomic E-state index is -3.30. The Hall–Kier alpha value is -1.90. The highest BCUT2D eigenvalue weighted by atomic mass is 19.3. The molecule has 2 amide bonds. The average molecular weight is 468 g/mol. The van der Waals surface area contributed by atoms with Crippen molar-refractivity contribution in [2.75, 3.05) is 6.54 Å². The Morgan fingerprint density at radius 3 is 2.39 bits per heavy atom. The molecular weight excluding hydrogens is 428 g/mol. The van der Waals surface area contributed by atoms with Crippen molar-refractivity contribution in [3.63, 3.8) is 0 Å². The minimum absolute atomic E-state index is 0.141. The lowest BCUT2D eigenvalue weighted by atomic mass is 9.89. The van der Waals surface area contributed by atoms with Gasteiger partial charge in [-0.15, -0.1) is 0 Å². The predicted molar refractivity (Wildman–Crippen MR) is 125 cm³/mol. The van der Waals surface area contributed by atoms with E-state index in [2.05, 4.69) is 5.32 Å². The van der Waals surface area contributed by atoms with Gasteiger partial charge in [0.1, 0.15) is 6.10 Å². The van der Waals surface area contributed by atoms with E-state index in [1.165, 1.54) is 0 Å². The molecule has 0 aromatic heterocycles. The zero-order chi connectivity index (χ0) is 24.8. The van der Waals surface area contributed by atoms with Gasteiger partial charge in [0.15, 0.2) is 0 Å². The molecule has 2 rings (SSSR count). The zero-order valence-corrected chi connectivity index (χ0v) is 20.1. The fourth-order valence-electron chi connectivity index (χ4n) is 4.52. The molecule has 1 aromatic rings. The number of alkyl halides is 2. The zero-order valence-electron chi connectivity index (χ0n) is 20.1. The second-order valence-electron chi connectivity index (χ2n) is 9.80. The first kappa shape index (κ1) is 27.3. The summed E-state index contributed by atoms with van der Waals surface area (Å²) in [4.78, 5) is 26.7. The molecule has 0 aliphatic carbocycles. The summed E-state index contributed by atoms with van der Waals surface area (Å²) in [5.41, 5.74) is 6.80. The number of aliphatic hydroxyl groups excluding tert-OH is 1. The fourth-order valence-corrected chi connectivity index (χ4v) is 4.52. The first-order chi connectivity index (χ1) is 15.5. The lowest BCUT2D eigenvalue weighted by Gasteiger charge is -2.40. The van der Waals surface area contributed by atoms with Gasteiger partial charge in [0.05, 0.1) is 12.1 Å². The van der Waals surface area contributed by atoms with E-state index < -0.39 is 48.4 Å². The number of halogens is 2. The molecule has 1 aliphatic heterocycles. The lowest BCUT2D eigenvalue weighted by Crippen LogP contribution is -2.59. The van der Waals surface area contributed by atoms with Crippen LogP contribution < -0.4 is 11.1 Å². The Bertz CT molecular complexity index is 773. The molecule has 8 heteroatoms. The molecule has 4 N–H and O–H groups in total. The van der Waals surface area contributed by atoms with Crippen molar-refractivity contribution in [2.24, 2.45) is 17.6 Å². The maximum atomic E-state index is 15.1. The van der Waals surface area contributed by atoms with Gasteiger partial charge in [0.2, 0.25) is 11.8 Å². The number of imide groups is 1. The smallest absolute Gasteiger partial charge is 0.275 e. The highest BCUT2D eigenvalue weighted by Crippen LogP contribution is 2.35. The van der Waals surface area contributed by atoms with Gasteiger partial charge in [-0.2, -0.15) is 0 Å². The van der Waals surface area contributed by atoms with Crippen molar-refractivity contribution in [2.45, 2.75) is 90.0 Å². The number of aliphatic hydroxyl groups is 1. The SMILES string of the molecule is CC(C)C(C(O)C(F)(F)CCCc1ccccc1)N1CCC[C@H]1C(=O)NC(=O)[C@@H](N)C(C)C. The topological polar surface area (TPSA) is 95.7 Å². The van der Waals surface area contributed by atoms with Gasteiger partial charge < -0.3 is 10.8 Å². The van der Waals surface area contributed by atoms with Crippen molar-refractivity contribution < 1.29 is 23.5 Å².